The zero-order valence-corrected chi connectivity index (χ0v) is 10.5. The molecule has 0 bridgehead atoms. The van der Waals surface area contributed by atoms with Crippen molar-refractivity contribution in [3.8, 4) is 0 Å². The van der Waals surface area contributed by atoms with Crippen molar-refractivity contribution in [3.05, 3.63) is 22.4 Å². The monoisotopic (exact) mass is 249 g/mol. The van der Waals surface area contributed by atoms with Crippen molar-refractivity contribution in [3.63, 3.8) is 0 Å². The molecule has 15 heavy (non-hydrogen) atoms. The van der Waals surface area contributed by atoms with Crippen molar-refractivity contribution < 1.29 is 26.8 Å². The van der Waals surface area contributed by atoms with Gasteiger partial charge in [-0.05, 0) is 11.4 Å². The van der Waals surface area contributed by atoms with Crippen LogP contribution >= 0.6 is 11.3 Å². The molecule has 0 aliphatic rings. The molecule has 0 spiro atoms. The predicted octanol–water partition coefficient (Wildman–Crippen LogP) is -2.56. The van der Waals surface area contributed by atoms with Crippen LogP contribution < -0.4 is 17.3 Å². The van der Waals surface area contributed by atoms with Crippen LogP contribution in [-0.4, -0.2) is 33.2 Å². The Bertz CT molecular complexity index is 275. The summed E-state index contributed by atoms with van der Waals surface area (Å²) >= 11 is 1.42. The summed E-state index contributed by atoms with van der Waals surface area (Å²) in [7, 11) is 4.17. The van der Waals surface area contributed by atoms with Crippen LogP contribution in [0.1, 0.15) is 16.1 Å². The van der Waals surface area contributed by atoms with E-state index in [0.29, 0.717) is 11.5 Å². The van der Waals surface area contributed by atoms with Gasteiger partial charge in [0.1, 0.15) is 4.88 Å². The Labute approximate surface area is 100 Å². The Hall–Kier alpha value is -0.580. The summed E-state index contributed by atoms with van der Waals surface area (Å²) in [6.45, 7) is 1.54. The summed E-state index contributed by atoms with van der Waals surface area (Å²) in [5.41, 5.74) is 0. The Morgan fingerprint density at radius 3 is 2.80 bits per heavy atom. The summed E-state index contributed by atoms with van der Waals surface area (Å²) < 4.78 is 5.09. The van der Waals surface area contributed by atoms with Gasteiger partial charge in [0.05, 0.1) is 27.2 Å². The van der Waals surface area contributed by atoms with Crippen molar-refractivity contribution in [2.45, 2.75) is 6.42 Å². The Morgan fingerprint density at radius 2 is 2.27 bits per heavy atom. The molecule has 0 unspecified atom stereocenters. The lowest BCUT2D eigenvalue weighted by molar-refractivity contribution is -0.858. The lowest BCUT2D eigenvalue weighted by atomic mass is 10.4. The maximum absolute atomic E-state index is 11.3. The van der Waals surface area contributed by atoms with Crippen molar-refractivity contribution >= 4 is 17.3 Å². The third kappa shape index (κ3) is 5.77. The van der Waals surface area contributed by atoms with Crippen molar-refractivity contribution in [2.75, 3.05) is 27.2 Å². The quantitative estimate of drug-likeness (QED) is 0.460. The fraction of sp³-hybridized carbons (Fsp3) is 0.500. The molecule has 5 heteroatoms. The van der Waals surface area contributed by atoms with E-state index < -0.39 is 0 Å². The number of carbonyl (C=O) groups excluding carboxylic acids is 1. The van der Waals surface area contributed by atoms with E-state index >= 15 is 0 Å². The second-order valence-corrected chi connectivity index (χ2v) is 4.37. The van der Waals surface area contributed by atoms with Crippen LogP contribution in [0.5, 0.6) is 0 Å². The number of hydrogen-bond donors (Lipinski definition) is 1. The van der Waals surface area contributed by atoms with Crippen LogP contribution in [0.3, 0.4) is 0 Å². The molecule has 0 aliphatic carbocycles. The zero-order chi connectivity index (χ0) is 10.4. The van der Waals surface area contributed by atoms with Crippen molar-refractivity contribution in [2.24, 2.45) is 0 Å². The first-order valence-corrected chi connectivity index (χ1v) is 5.58. The van der Waals surface area contributed by atoms with Crippen LogP contribution in [-0.2, 0) is 4.74 Å². The molecule has 3 nitrogen and oxygen atoms in total. The minimum Gasteiger partial charge on any atom is -1.00 e. The average Bonchev–Trinajstić information content (AvgIpc) is 2.64. The summed E-state index contributed by atoms with van der Waals surface area (Å²) in [6.07, 6.45) is 0.916. The first kappa shape index (κ1) is 14.4. The standard InChI is InChI=1S/C10H15NO2S.ClH/c1-11(2)6-4-7-13-10(12)9-5-3-8-14-9;/h3,5,8H,4,6-7H2,1-2H3;1H. The molecule has 86 valence electrons. The maximum Gasteiger partial charge on any atom is 0.348 e. The van der Waals surface area contributed by atoms with Gasteiger partial charge in [0, 0.05) is 6.42 Å². The largest absolute Gasteiger partial charge is 1.00 e. The molecule has 0 radical (unpaired) electrons. The minimum absolute atomic E-state index is 0. The normalized spacial score (nSPS) is 9.80. The van der Waals surface area contributed by atoms with Crippen molar-refractivity contribution in [1.82, 2.24) is 0 Å². The molecule has 0 amide bonds. The van der Waals surface area contributed by atoms with Gasteiger partial charge in [-0.1, -0.05) is 6.07 Å². The highest BCUT2D eigenvalue weighted by Gasteiger charge is 2.07. The lowest BCUT2D eigenvalue weighted by Gasteiger charge is -2.06. The van der Waals surface area contributed by atoms with Gasteiger partial charge < -0.3 is 22.0 Å². The third-order valence-corrected chi connectivity index (χ3v) is 2.63. The number of nitrogens with one attached hydrogen (secondary N) is 1. The zero-order valence-electron chi connectivity index (χ0n) is 8.96. The van der Waals surface area contributed by atoms with Crippen molar-refractivity contribution in [1.29, 1.82) is 0 Å². The summed E-state index contributed by atoms with van der Waals surface area (Å²) in [4.78, 5) is 13.4. The number of hydrogen-bond acceptors (Lipinski definition) is 3. The molecular weight excluding hydrogens is 234 g/mol. The molecular formula is C10H16ClNO2S. The lowest BCUT2D eigenvalue weighted by Crippen LogP contribution is -3.05. The number of carbonyl (C=O) groups is 1. The van der Waals surface area contributed by atoms with Crippen LogP contribution in [0.15, 0.2) is 17.5 Å². The topological polar surface area (TPSA) is 30.7 Å². The molecule has 0 saturated heterocycles. The number of ether oxygens (including phenoxy) is 1. The molecule has 1 N–H and O–H groups in total. The first-order valence-electron chi connectivity index (χ1n) is 4.70. The predicted molar refractivity (Wildman–Crippen MR) is 56.9 cm³/mol. The molecule has 0 aromatic carbocycles. The van der Waals surface area contributed by atoms with Gasteiger partial charge in [-0.2, -0.15) is 0 Å². The van der Waals surface area contributed by atoms with Gasteiger partial charge in [0.15, 0.2) is 0 Å². The van der Waals surface area contributed by atoms with Gasteiger partial charge in [-0.3, -0.25) is 0 Å². The highest BCUT2D eigenvalue weighted by atomic mass is 35.5. The first-order chi connectivity index (χ1) is 6.70. The molecule has 1 heterocycles. The molecule has 1 aromatic rings. The van der Waals surface area contributed by atoms with E-state index in [1.807, 2.05) is 11.4 Å². The Balaban J connectivity index is 0.00000196. The second kappa shape index (κ2) is 7.68. The van der Waals surface area contributed by atoms with E-state index in [4.69, 9.17) is 4.74 Å². The fourth-order valence-electron chi connectivity index (χ4n) is 1.06. The number of quaternary nitrogens is 1. The maximum atomic E-state index is 11.3. The van der Waals surface area contributed by atoms with Gasteiger partial charge in [0.2, 0.25) is 0 Å². The van der Waals surface area contributed by atoms with E-state index in [1.54, 1.807) is 6.07 Å². The number of halogens is 1. The van der Waals surface area contributed by atoms with Gasteiger partial charge >= 0.3 is 5.97 Å². The Morgan fingerprint density at radius 1 is 1.53 bits per heavy atom. The highest BCUT2D eigenvalue weighted by Crippen LogP contribution is 2.09. The SMILES string of the molecule is C[NH+](C)CCCOC(=O)c1cccs1.[Cl-]. The molecule has 0 fully saturated rings. The molecule has 0 saturated carbocycles. The number of esters is 1. The van der Waals surface area contributed by atoms with E-state index in [2.05, 4.69) is 14.1 Å². The molecule has 1 aromatic heterocycles. The van der Waals surface area contributed by atoms with Gasteiger partial charge in [0.25, 0.3) is 0 Å². The van der Waals surface area contributed by atoms with E-state index in [0.717, 1.165) is 13.0 Å². The average molecular weight is 250 g/mol. The smallest absolute Gasteiger partial charge is 0.348 e. The third-order valence-electron chi connectivity index (χ3n) is 1.78. The number of rotatable bonds is 5. The van der Waals surface area contributed by atoms with E-state index in [9.17, 15) is 4.79 Å². The molecule has 1 rings (SSSR count). The van der Waals surface area contributed by atoms with Crippen LogP contribution in [0.2, 0.25) is 0 Å². The summed E-state index contributed by atoms with van der Waals surface area (Å²) in [5, 5.41) is 1.88. The molecule has 0 atom stereocenters. The van der Waals surface area contributed by atoms with Crippen LogP contribution in [0, 0.1) is 0 Å². The van der Waals surface area contributed by atoms with Gasteiger partial charge in [-0.15, -0.1) is 11.3 Å². The van der Waals surface area contributed by atoms with E-state index in [-0.39, 0.29) is 18.4 Å². The summed E-state index contributed by atoms with van der Waals surface area (Å²) in [6, 6.07) is 3.63. The van der Waals surface area contributed by atoms with Crippen LogP contribution in [0.25, 0.3) is 0 Å². The van der Waals surface area contributed by atoms with E-state index in [1.165, 1.54) is 16.2 Å². The molecule has 0 aliphatic heterocycles. The van der Waals surface area contributed by atoms with Crippen LogP contribution in [0.4, 0.5) is 0 Å². The van der Waals surface area contributed by atoms with Gasteiger partial charge in [-0.25, -0.2) is 4.79 Å². The fourth-order valence-corrected chi connectivity index (χ4v) is 1.67. The second-order valence-electron chi connectivity index (χ2n) is 3.42. The summed E-state index contributed by atoms with van der Waals surface area (Å²) in [5.74, 6) is -0.200. The highest BCUT2D eigenvalue weighted by molar-refractivity contribution is 7.11. The minimum atomic E-state index is -0.200. The number of thiophene rings is 1. The Kier molecular flexibility index (Phi) is 7.38.